The Balaban J connectivity index is 1.59. The third kappa shape index (κ3) is 3.97. The zero-order valence-corrected chi connectivity index (χ0v) is 13.8. The maximum atomic E-state index is 12.0. The zero-order chi connectivity index (χ0) is 16.2. The Hall–Kier alpha value is -2.17. The number of hydrogen-bond donors (Lipinski definition) is 2. The number of amides is 1. The van der Waals surface area contributed by atoms with Crippen molar-refractivity contribution >= 4 is 28.0 Å². The van der Waals surface area contributed by atoms with Crippen LogP contribution >= 0.6 is 11.3 Å². The molecule has 0 radical (unpaired) electrons. The van der Waals surface area contributed by atoms with Crippen molar-refractivity contribution in [1.82, 2.24) is 5.32 Å². The van der Waals surface area contributed by atoms with E-state index in [0.717, 1.165) is 21.2 Å². The van der Waals surface area contributed by atoms with Crippen LogP contribution in [0.2, 0.25) is 0 Å². The molecule has 1 unspecified atom stereocenters. The fourth-order valence-corrected chi connectivity index (χ4v) is 3.43. The van der Waals surface area contributed by atoms with Crippen LogP contribution in [0.25, 0.3) is 10.8 Å². The lowest BCUT2D eigenvalue weighted by Crippen LogP contribution is -2.29. The van der Waals surface area contributed by atoms with Crippen LogP contribution in [0.3, 0.4) is 0 Å². The predicted octanol–water partition coefficient (Wildman–Crippen LogP) is 3.60. The molecule has 2 aromatic carbocycles. The molecule has 118 valence electrons. The number of aryl methyl sites for hydroxylation is 1. The van der Waals surface area contributed by atoms with Crippen molar-refractivity contribution in [2.45, 2.75) is 19.4 Å². The minimum absolute atomic E-state index is 0.0633. The Bertz CT molecular complexity index is 825. The quantitative estimate of drug-likeness (QED) is 0.753. The average Bonchev–Trinajstić information content (AvgIpc) is 2.97. The molecule has 0 saturated heterocycles. The maximum absolute atomic E-state index is 12.0. The van der Waals surface area contributed by atoms with E-state index in [1.165, 1.54) is 4.88 Å². The zero-order valence-electron chi connectivity index (χ0n) is 13.0. The van der Waals surface area contributed by atoms with Gasteiger partial charge in [-0.15, -0.1) is 11.3 Å². The van der Waals surface area contributed by atoms with Gasteiger partial charge in [0.2, 0.25) is 5.91 Å². The standard InChI is InChI=1S/C19H19NO2S/c1-13-6-9-17(23-13)11-19(22)20-12-18(21)16-8-7-14-4-2-3-5-15(14)10-16/h2-10,18,21H,11-12H2,1H3,(H,20,22). The molecule has 0 aliphatic heterocycles. The number of aliphatic hydroxyl groups excluding tert-OH is 1. The lowest BCUT2D eigenvalue weighted by Gasteiger charge is -2.13. The molecule has 4 heteroatoms. The molecule has 0 spiro atoms. The van der Waals surface area contributed by atoms with E-state index in [1.54, 1.807) is 11.3 Å². The molecule has 2 N–H and O–H groups in total. The fourth-order valence-electron chi connectivity index (χ4n) is 2.54. The molecule has 3 rings (SSSR count). The van der Waals surface area contributed by atoms with Crippen molar-refractivity contribution in [2.75, 3.05) is 6.54 Å². The SMILES string of the molecule is Cc1ccc(CC(=O)NCC(O)c2ccc3ccccc3c2)s1. The van der Waals surface area contributed by atoms with Crippen molar-refractivity contribution in [1.29, 1.82) is 0 Å². The molecule has 1 aromatic heterocycles. The van der Waals surface area contributed by atoms with Gasteiger partial charge in [-0.05, 0) is 41.5 Å². The number of thiophene rings is 1. The lowest BCUT2D eigenvalue weighted by molar-refractivity contribution is -0.120. The minimum atomic E-state index is -0.700. The molecule has 0 fully saturated rings. The molecule has 1 heterocycles. The van der Waals surface area contributed by atoms with Crippen LogP contribution in [-0.4, -0.2) is 17.6 Å². The molecule has 0 aliphatic carbocycles. The molecule has 0 bridgehead atoms. The van der Waals surface area contributed by atoms with Crippen molar-refractivity contribution in [3.05, 3.63) is 69.9 Å². The summed E-state index contributed by atoms with van der Waals surface area (Å²) in [5.41, 5.74) is 0.816. The van der Waals surface area contributed by atoms with E-state index >= 15 is 0 Å². The first kappa shape index (κ1) is 15.7. The highest BCUT2D eigenvalue weighted by Crippen LogP contribution is 2.20. The second-order valence-corrected chi connectivity index (χ2v) is 6.99. The number of nitrogens with one attached hydrogen (secondary N) is 1. The van der Waals surface area contributed by atoms with Crippen molar-refractivity contribution in [2.24, 2.45) is 0 Å². The summed E-state index contributed by atoms with van der Waals surface area (Å²) < 4.78 is 0. The number of aliphatic hydroxyl groups is 1. The van der Waals surface area contributed by atoms with Gasteiger partial charge in [0.25, 0.3) is 0 Å². The number of hydrogen-bond acceptors (Lipinski definition) is 3. The van der Waals surface area contributed by atoms with Crippen molar-refractivity contribution in [3.8, 4) is 0 Å². The molecule has 0 saturated carbocycles. The molecular formula is C19H19NO2S. The summed E-state index contributed by atoms with van der Waals surface area (Å²) in [5, 5.41) is 15.3. The predicted molar refractivity (Wildman–Crippen MR) is 94.7 cm³/mol. The summed E-state index contributed by atoms with van der Waals surface area (Å²) in [6.45, 7) is 2.25. The topological polar surface area (TPSA) is 49.3 Å². The first-order valence-corrected chi connectivity index (χ1v) is 8.42. The Morgan fingerprint density at radius 3 is 2.65 bits per heavy atom. The summed E-state index contributed by atoms with van der Waals surface area (Å²) in [6, 6.07) is 17.9. The van der Waals surface area contributed by atoms with Gasteiger partial charge < -0.3 is 10.4 Å². The minimum Gasteiger partial charge on any atom is -0.387 e. The molecule has 0 aliphatic rings. The Morgan fingerprint density at radius 2 is 1.91 bits per heavy atom. The van der Waals surface area contributed by atoms with Gasteiger partial charge in [-0.25, -0.2) is 0 Å². The van der Waals surface area contributed by atoms with Crippen LogP contribution in [-0.2, 0) is 11.2 Å². The Kier molecular flexibility index (Phi) is 4.74. The fraction of sp³-hybridized carbons (Fsp3) is 0.211. The van der Waals surface area contributed by atoms with Gasteiger partial charge in [-0.2, -0.15) is 0 Å². The van der Waals surface area contributed by atoms with E-state index in [4.69, 9.17) is 0 Å². The molecule has 3 aromatic rings. The third-order valence-corrected chi connectivity index (χ3v) is 4.78. The Morgan fingerprint density at radius 1 is 1.13 bits per heavy atom. The van der Waals surface area contributed by atoms with E-state index in [2.05, 4.69) is 5.32 Å². The van der Waals surface area contributed by atoms with E-state index in [1.807, 2.05) is 61.5 Å². The van der Waals surface area contributed by atoms with E-state index in [0.29, 0.717) is 6.42 Å². The van der Waals surface area contributed by atoms with E-state index in [-0.39, 0.29) is 12.5 Å². The van der Waals surface area contributed by atoms with Crippen LogP contribution in [0.4, 0.5) is 0 Å². The van der Waals surface area contributed by atoms with Gasteiger partial charge >= 0.3 is 0 Å². The first-order chi connectivity index (χ1) is 11.1. The summed E-state index contributed by atoms with van der Waals surface area (Å²) >= 11 is 1.62. The summed E-state index contributed by atoms with van der Waals surface area (Å²) in [5.74, 6) is -0.0633. The average molecular weight is 325 g/mol. The molecule has 1 amide bonds. The third-order valence-electron chi connectivity index (χ3n) is 3.78. The number of carbonyl (C=O) groups excluding carboxylic acids is 1. The highest BCUT2D eigenvalue weighted by Gasteiger charge is 2.11. The summed E-state index contributed by atoms with van der Waals surface area (Å²) in [7, 11) is 0. The number of fused-ring (bicyclic) bond motifs is 1. The summed E-state index contributed by atoms with van der Waals surface area (Å²) in [6.07, 6.45) is -0.336. The highest BCUT2D eigenvalue weighted by molar-refractivity contribution is 7.12. The van der Waals surface area contributed by atoms with Gasteiger partial charge in [0.15, 0.2) is 0 Å². The smallest absolute Gasteiger partial charge is 0.225 e. The molecule has 3 nitrogen and oxygen atoms in total. The van der Waals surface area contributed by atoms with Crippen LogP contribution in [0.5, 0.6) is 0 Å². The van der Waals surface area contributed by atoms with Gasteiger partial charge in [-0.1, -0.05) is 36.4 Å². The van der Waals surface area contributed by atoms with Gasteiger partial charge in [-0.3, -0.25) is 4.79 Å². The van der Waals surface area contributed by atoms with Crippen LogP contribution in [0, 0.1) is 6.92 Å². The molecular weight excluding hydrogens is 306 g/mol. The van der Waals surface area contributed by atoms with Crippen LogP contribution in [0.15, 0.2) is 54.6 Å². The highest BCUT2D eigenvalue weighted by atomic mass is 32.1. The lowest BCUT2D eigenvalue weighted by atomic mass is 10.0. The van der Waals surface area contributed by atoms with Crippen LogP contribution < -0.4 is 5.32 Å². The molecule has 23 heavy (non-hydrogen) atoms. The van der Waals surface area contributed by atoms with Crippen LogP contribution in [0.1, 0.15) is 21.4 Å². The number of rotatable bonds is 5. The Labute approximate surface area is 139 Å². The van der Waals surface area contributed by atoms with Gasteiger partial charge in [0, 0.05) is 16.3 Å². The van der Waals surface area contributed by atoms with E-state index < -0.39 is 6.10 Å². The van der Waals surface area contributed by atoms with Gasteiger partial charge in [0.1, 0.15) is 0 Å². The number of benzene rings is 2. The monoisotopic (exact) mass is 325 g/mol. The molecule has 1 atom stereocenters. The maximum Gasteiger partial charge on any atom is 0.225 e. The number of carbonyl (C=O) groups is 1. The normalized spacial score (nSPS) is 12.3. The second-order valence-electron chi connectivity index (χ2n) is 5.62. The largest absolute Gasteiger partial charge is 0.387 e. The summed E-state index contributed by atoms with van der Waals surface area (Å²) in [4.78, 5) is 14.2. The second kappa shape index (κ2) is 6.94. The van der Waals surface area contributed by atoms with Crippen molar-refractivity contribution in [3.63, 3.8) is 0 Å². The van der Waals surface area contributed by atoms with Crippen molar-refractivity contribution < 1.29 is 9.90 Å². The van der Waals surface area contributed by atoms with E-state index in [9.17, 15) is 9.90 Å². The van der Waals surface area contributed by atoms with Gasteiger partial charge in [0.05, 0.1) is 12.5 Å². The first-order valence-electron chi connectivity index (χ1n) is 7.60.